The molecule has 0 N–H and O–H groups in total. The molecular formula is C21H29FO2. The van der Waals surface area contributed by atoms with E-state index in [4.69, 9.17) is 0 Å². The highest BCUT2D eigenvalue weighted by Gasteiger charge is 2.59. The smallest absolute Gasteiger partial charge is 0.167 e. The fraction of sp³-hybridized carbons (Fsp3) is 0.810. The Hall–Kier alpha value is -0.990. The molecule has 0 aromatic carbocycles. The van der Waals surface area contributed by atoms with Crippen molar-refractivity contribution in [2.75, 3.05) is 6.67 Å². The molecular weight excluding hydrogens is 302 g/mol. The van der Waals surface area contributed by atoms with Gasteiger partial charge in [-0.25, -0.2) is 4.39 Å². The molecule has 0 radical (unpaired) electrons. The van der Waals surface area contributed by atoms with Crippen LogP contribution in [-0.4, -0.2) is 18.2 Å². The number of ketones is 2. The largest absolute Gasteiger partial charge is 0.296 e. The summed E-state index contributed by atoms with van der Waals surface area (Å²) in [6.45, 7) is 3.62. The van der Waals surface area contributed by atoms with Crippen LogP contribution in [0.2, 0.25) is 0 Å². The molecule has 2 nitrogen and oxygen atoms in total. The van der Waals surface area contributed by atoms with Crippen molar-refractivity contribution >= 4 is 11.6 Å². The summed E-state index contributed by atoms with van der Waals surface area (Å²) in [7, 11) is 0. The summed E-state index contributed by atoms with van der Waals surface area (Å²) < 4.78 is 13.1. The number of halogens is 1. The van der Waals surface area contributed by atoms with Crippen LogP contribution in [0.25, 0.3) is 0 Å². The fourth-order valence-electron chi connectivity index (χ4n) is 7.31. The summed E-state index contributed by atoms with van der Waals surface area (Å²) in [6, 6.07) is 0. The maximum Gasteiger partial charge on any atom is 0.167 e. The summed E-state index contributed by atoms with van der Waals surface area (Å²) in [5.41, 5.74) is 1.40. The van der Waals surface area contributed by atoms with Crippen LogP contribution >= 0.6 is 0 Å². The molecule has 0 aromatic heterocycles. The Morgan fingerprint density at radius 2 is 2.04 bits per heavy atom. The zero-order chi connectivity index (χ0) is 17.1. The second kappa shape index (κ2) is 5.78. The Morgan fingerprint density at radius 1 is 1.25 bits per heavy atom. The van der Waals surface area contributed by atoms with Crippen LogP contribution in [0.5, 0.6) is 0 Å². The molecule has 0 spiro atoms. The highest BCUT2D eigenvalue weighted by atomic mass is 18.2. The minimum Gasteiger partial charge on any atom is -0.296 e. The van der Waals surface area contributed by atoms with Crippen molar-refractivity contribution in [2.45, 2.75) is 58.8 Å². The number of hydrogen-bond acceptors (Lipinski definition) is 2. The van der Waals surface area contributed by atoms with E-state index in [1.165, 1.54) is 5.57 Å². The lowest BCUT2D eigenvalue weighted by Gasteiger charge is -2.53. The number of Topliss-reactive ketones (excluding diaryl/α,β-unsaturated/α-hetero) is 1. The van der Waals surface area contributed by atoms with Crippen molar-refractivity contribution in [3.63, 3.8) is 0 Å². The molecule has 4 aliphatic rings. The second-order valence-corrected chi connectivity index (χ2v) is 9.14. The van der Waals surface area contributed by atoms with Gasteiger partial charge < -0.3 is 0 Å². The minimum absolute atomic E-state index is 0.00450. The number of carbonyl (C=O) groups excluding carboxylic acids is 2. The number of alkyl halides is 1. The Bertz CT molecular complexity index is 595. The standard InChI is InChI=1S/C21H29FO2/c1-12-9-18-17-5-3-13-10-14(23)4-6-15(13)16(17)7-8-21(18,2)20(12)19(24)11-22/h10,12,15-18,20H,3-9,11H2,1-2H3/t12-,15+,16-,17-,18+,20-,21+/m1/s1/i22-1. The van der Waals surface area contributed by atoms with Gasteiger partial charge in [0.15, 0.2) is 11.6 Å². The minimum atomic E-state index is -0.803. The summed E-state index contributed by atoms with van der Waals surface area (Å²) >= 11 is 0. The van der Waals surface area contributed by atoms with Gasteiger partial charge in [-0.3, -0.25) is 9.59 Å². The van der Waals surface area contributed by atoms with Crippen LogP contribution in [0.1, 0.15) is 58.8 Å². The Morgan fingerprint density at radius 3 is 2.79 bits per heavy atom. The van der Waals surface area contributed by atoms with Gasteiger partial charge in [-0.2, -0.15) is 0 Å². The molecule has 3 heteroatoms. The number of hydrogen-bond donors (Lipinski definition) is 0. The fourth-order valence-corrected chi connectivity index (χ4v) is 7.31. The van der Waals surface area contributed by atoms with Gasteiger partial charge in [0.25, 0.3) is 0 Å². The topological polar surface area (TPSA) is 34.1 Å². The van der Waals surface area contributed by atoms with Crippen LogP contribution in [0.3, 0.4) is 0 Å². The van der Waals surface area contributed by atoms with Crippen molar-refractivity contribution in [3.8, 4) is 0 Å². The van der Waals surface area contributed by atoms with Gasteiger partial charge in [0.05, 0.1) is 0 Å². The summed E-state index contributed by atoms with van der Waals surface area (Å²) in [5, 5.41) is 0. The first-order chi connectivity index (χ1) is 11.5. The van der Waals surface area contributed by atoms with Gasteiger partial charge in [0.2, 0.25) is 0 Å². The third-order valence-electron chi connectivity index (χ3n) is 8.12. The normalized spacial score (nSPS) is 47.5. The Balaban J connectivity index is 1.63. The van der Waals surface area contributed by atoms with Gasteiger partial charge in [-0.15, -0.1) is 0 Å². The Kier molecular flexibility index (Phi) is 3.97. The monoisotopic (exact) mass is 331 g/mol. The molecule has 0 aliphatic heterocycles. The van der Waals surface area contributed by atoms with E-state index in [-0.39, 0.29) is 17.1 Å². The van der Waals surface area contributed by atoms with E-state index >= 15 is 0 Å². The average molecular weight is 331 g/mol. The van der Waals surface area contributed by atoms with Gasteiger partial charge >= 0.3 is 0 Å². The van der Waals surface area contributed by atoms with Crippen molar-refractivity contribution < 1.29 is 14.0 Å². The third-order valence-corrected chi connectivity index (χ3v) is 8.12. The number of carbonyl (C=O) groups is 2. The number of rotatable bonds is 2. The van der Waals surface area contributed by atoms with Crippen LogP contribution in [0.4, 0.5) is 4.39 Å². The molecule has 0 unspecified atom stereocenters. The third kappa shape index (κ3) is 2.26. The molecule has 132 valence electrons. The lowest BCUT2D eigenvalue weighted by atomic mass is 9.51. The summed E-state index contributed by atoms with van der Waals surface area (Å²) in [5.74, 6) is 2.88. The number of allylic oxidation sites excluding steroid dienone is 1. The van der Waals surface area contributed by atoms with Crippen LogP contribution in [0, 0.1) is 40.9 Å². The van der Waals surface area contributed by atoms with Crippen molar-refractivity contribution in [1.82, 2.24) is 0 Å². The van der Waals surface area contributed by atoms with Gasteiger partial charge in [0, 0.05) is 12.3 Å². The zero-order valence-electron chi connectivity index (χ0n) is 14.9. The first-order valence-electron chi connectivity index (χ1n) is 9.77. The van der Waals surface area contributed by atoms with E-state index < -0.39 is 6.67 Å². The van der Waals surface area contributed by atoms with Crippen LogP contribution in [0.15, 0.2) is 11.6 Å². The van der Waals surface area contributed by atoms with E-state index in [0.29, 0.717) is 41.8 Å². The molecule has 4 rings (SSSR count). The SMILES string of the molecule is C[C@@H]1C[C@H]2[C@@H]3CCC4=CC(=O)CC[C@@H]4[C@H]3CC[C@]2(C)[C@H]1C(=O)C[18F]. The van der Waals surface area contributed by atoms with E-state index in [9.17, 15) is 14.0 Å². The molecule has 24 heavy (non-hydrogen) atoms. The summed E-state index contributed by atoms with van der Waals surface area (Å²) in [6.07, 6.45) is 9.16. The van der Waals surface area contributed by atoms with Crippen molar-refractivity contribution in [3.05, 3.63) is 11.6 Å². The van der Waals surface area contributed by atoms with Crippen LogP contribution in [-0.2, 0) is 9.59 Å². The molecule has 0 heterocycles. The lowest BCUT2D eigenvalue weighted by molar-refractivity contribution is -0.131. The quantitative estimate of drug-likeness (QED) is 0.745. The molecule has 0 bridgehead atoms. The lowest BCUT2D eigenvalue weighted by Crippen LogP contribution is -2.47. The first-order valence-corrected chi connectivity index (χ1v) is 9.77. The molecule has 0 saturated heterocycles. The highest BCUT2D eigenvalue weighted by Crippen LogP contribution is 2.65. The number of fused-ring (bicyclic) bond motifs is 5. The average Bonchev–Trinajstić information content (AvgIpc) is 2.84. The van der Waals surface area contributed by atoms with E-state index in [0.717, 1.165) is 38.5 Å². The van der Waals surface area contributed by atoms with E-state index in [2.05, 4.69) is 13.8 Å². The maximum atomic E-state index is 13.1. The zero-order valence-corrected chi connectivity index (χ0v) is 14.9. The first kappa shape index (κ1) is 16.5. The highest BCUT2D eigenvalue weighted by molar-refractivity contribution is 5.91. The van der Waals surface area contributed by atoms with Gasteiger partial charge in [-0.1, -0.05) is 19.4 Å². The molecule has 0 amide bonds. The van der Waals surface area contributed by atoms with Gasteiger partial charge in [0.1, 0.15) is 6.67 Å². The van der Waals surface area contributed by atoms with Crippen molar-refractivity contribution in [1.29, 1.82) is 0 Å². The molecule has 3 fully saturated rings. The molecule has 3 saturated carbocycles. The second-order valence-electron chi connectivity index (χ2n) is 9.14. The molecule has 0 aromatic rings. The maximum absolute atomic E-state index is 13.1. The van der Waals surface area contributed by atoms with Gasteiger partial charge in [-0.05, 0) is 79.6 Å². The summed E-state index contributed by atoms with van der Waals surface area (Å²) in [4.78, 5) is 24.0. The van der Waals surface area contributed by atoms with Crippen molar-refractivity contribution in [2.24, 2.45) is 40.9 Å². The Labute approximate surface area is 144 Å². The predicted molar refractivity (Wildman–Crippen MR) is 91.1 cm³/mol. The predicted octanol–water partition coefficient (Wildman–Crippen LogP) is 4.53. The van der Waals surface area contributed by atoms with E-state index in [1.807, 2.05) is 6.08 Å². The van der Waals surface area contributed by atoms with E-state index in [1.54, 1.807) is 0 Å². The van der Waals surface area contributed by atoms with Crippen LogP contribution < -0.4 is 0 Å². The molecule has 7 atom stereocenters. The molecule has 4 aliphatic carbocycles.